The van der Waals surface area contributed by atoms with Crippen molar-refractivity contribution in [2.75, 3.05) is 0 Å². The van der Waals surface area contributed by atoms with Crippen LogP contribution >= 0.6 is 11.6 Å². The van der Waals surface area contributed by atoms with Crippen LogP contribution in [0.5, 0.6) is 5.75 Å². The monoisotopic (exact) mass is 250 g/mol. The van der Waals surface area contributed by atoms with E-state index in [-0.39, 0.29) is 10.8 Å². The van der Waals surface area contributed by atoms with Crippen molar-refractivity contribution in [3.63, 3.8) is 0 Å². The molecule has 0 atom stereocenters. The molecule has 0 saturated carbocycles. The minimum Gasteiger partial charge on any atom is -0.506 e. The van der Waals surface area contributed by atoms with E-state index in [0.717, 1.165) is 10.9 Å². The third-order valence-electron chi connectivity index (χ3n) is 2.61. The summed E-state index contributed by atoms with van der Waals surface area (Å²) in [7, 11) is 0. The van der Waals surface area contributed by atoms with Gasteiger partial charge in [0.25, 0.3) is 0 Å². The van der Waals surface area contributed by atoms with Crippen LogP contribution < -0.4 is 5.63 Å². The summed E-state index contributed by atoms with van der Waals surface area (Å²) in [6.07, 6.45) is 2.00. The van der Waals surface area contributed by atoms with Crippen LogP contribution in [0.4, 0.5) is 0 Å². The Morgan fingerprint density at radius 3 is 2.88 bits per heavy atom. The van der Waals surface area contributed by atoms with Gasteiger partial charge in [0.2, 0.25) is 0 Å². The molecule has 0 aliphatic rings. The first-order valence-electron chi connectivity index (χ1n) is 5.10. The highest BCUT2D eigenvalue weighted by molar-refractivity contribution is 6.33. The predicted molar refractivity (Wildman–Crippen MR) is 67.8 cm³/mol. The summed E-state index contributed by atoms with van der Waals surface area (Å²) in [6.45, 7) is 5.40. The molecule has 0 radical (unpaired) electrons. The van der Waals surface area contributed by atoms with Crippen molar-refractivity contribution in [2.24, 2.45) is 0 Å². The number of phenols is 1. The molecule has 0 unspecified atom stereocenters. The van der Waals surface area contributed by atoms with E-state index in [4.69, 9.17) is 16.0 Å². The topological polar surface area (TPSA) is 50.4 Å². The lowest BCUT2D eigenvalue weighted by molar-refractivity contribution is 0.467. The number of halogens is 1. The lowest BCUT2D eigenvalue weighted by atomic mass is 10.0. The number of hydrogen-bond donors (Lipinski definition) is 1. The Morgan fingerprint density at radius 1 is 1.53 bits per heavy atom. The first-order valence-corrected chi connectivity index (χ1v) is 5.48. The van der Waals surface area contributed by atoms with Gasteiger partial charge in [-0.3, -0.25) is 0 Å². The van der Waals surface area contributed by atoms with Gasteiger partial charge in [0.15, 0.2) is 0 Å². The van der Waals surface area contributed by atoms with Crippen LogP contribution in [0, 0.1) is 6.92 Å². The Labute approximate surface area is 103 Å². The maximum Gasteiger partial charge on any atom is 0.336 e. The van der Waals surface area contributed by atoms with Crippen LogP contribution in [0.1, 0.15) is 11.1 Å². The number of benzene rings is 1. The highest BCUT2D eigenvalue weighted by atomic mass is 35.5. The van der Waals surface area contributed by atoms with Crippen LogP contribution in [0.25, 0.3) is 11.0 Å². The quantitative estimate of drug-likeness (QED) is 0.658. The fraction of sp³-hybridized carbons (Fsp3) is 0.154. The molecule has 88 valence electrons. The van der Waals surface area contributed by atoms with Crippen molar-refractivity contribution in [1.82, 2.24) is 0 Å². The van der Waals surface area contributed by atoms with Crippen molar-refractivity contribution in [2.45, 2.75) is 13.3 Å². The van der Waals surface area contributed by atoms with Gasteiger partial charge in [-0.1, -0.05) is 17.7 Å². The van der Waals surface area contributed by atoms with Gasteiger partial charge in [-0.25, -0.2) is 4.79 Å². The SMILES string of the molecule is C=CCc1c(O)c(Cl)cc2c(C)cc(=O)oc12. The van der Waals surface area contributed by atoms with E-state index >= 15 is 0 Å². The molecule has 2 rings (SSSR count). The average Bonchev–Trinajstić information content (AvgIpc) is 2.26. The van der Waals surface area contributed by atoms with Crippen molar-refractivity contribution in [3.8, 4) is 5.75 Å². The van der Waals surface area contributed by atoms with Gasteiger partial charge in [0, 0.05) is 17.0 Å². The van der Waals surface area contributed by atoms with Crippen molar-refractivity contribution < 1.29 is 9.52 Å². The zero-order valence-corrected chi connectivity index (χ0v) is 10.0. The molecule has 0 fully saturated rings. The van der Waals surface area contributed by atoms with E-state index in [9.17, 15) is 9.90 Å². The fourth-order valence-electron chi connectivity index (χ4n) is 1.80. The summed E-state index contributed by atoms with van der Waals surface area (Å²) >= 11 is 5.94. The maximum atomic E-state index is 11.3. The number of hydrogen-bond acceptors (Lipinski definition) is 3. The summed E-state index contributed by atoms with van der Waals surface area (Å²) in [5.74, 6) is -0.0622. The molecule has 4 heteroatoms. The van der Waals surface area contributed by atoms with E-state index in [1.165, 1.54) is 6.07 Å². The summed E-state index contributed by atoms with van der Waals surface area (Å²) < 4.78 is 5.14. The standard InChI is InChI=1S/C13H11ClO3/c1-3-4-8-12(16)10(14)6-9-7(2)5-11(15)17-13(8)9/h3,5-6,16H,1,4H2,2H3. The number of fused-ring (bicyclic) bond motifs is 1. The van der Waals surface area contributed by atoms with Gasteiger partial charge < -0.3 is 9.52 Å². The predicted octanol–water partition coefficient (Wildman–Crippen LogP) is 3.19. The smallest absolute Gasteiger partial charge is 0.336 e. The van der Waals surface area contributed by atoms with Crippen LogP contribution in [0.3, 0.4) is 0 Å². The highest BCUT2D eigenvalue weighted by Crippen LogP contribution is 2.35. The minimum atomic E-state index is -0.443. The summed E-state index contributed by atoms with van der Waals surface area (Å²) in [5, 5.41) is 10.8. The van der Waals surface area contributed by atoms with Gasteiger partial charge in [0.05, 0.1) is 5.02 Å². The minimum absolute atomic E-state index is 0.0622. The number of allylic oxidation sites excluding steroid dienone is 1. The second-order valence-corrected chi connectivity index (χ2v) is 4.21. The summed E-state index contributed by atoms with van der Waals surface area (Å²) in [4.78, 5) is 11.3. The van der Waals surface area contributed by atoms with Crippen LogP contribution in [0.15, 0.2) is 34.0 Å². The first kappa shape index (κ1) is 11.7. The molecule has 1 aromatic heterocycles. The van der Waals surface area contributed by atoms with E-state index in [1.807, 2.05) is 0 Å². The van der Waals surface area contributed by atoms with Gasteiger partial charge in [0.1, 0.15) is 11.3 Å². The van der Waals surface area contributed by atoms with Crippen LogP contribution in [-0.4, -0.2) is 5.11 Å². The zero-order valence-electron chi connectivity index (χ0n) is 9.29. The second-order valence-electron chi connectivity index (χ2n) is 3.80. The molecular formula is C13H11ClO3. The largest absolute Gasteiger partial charge is 0.506 e. The van der Waals surface area contributed by atoms with Crippen LogP contribution in [-0.2, 0) is 6.42 Å². The molecule has 3 nitrogen and oxygen atoms in total. The molecule has 17 heavy (non-hydrogen) atoms. The number of rotatable bonds is 2. The molecular weight excluding hydrogens is 240 g/mol. The molecule has 0 aliphatic heterocycles. The molecule has 2 aromatic rings. The van der Waals surface area contributed by atoms with Crippen molar-refractivity contribution in [1.29, 1.82) is 0 Å². The molecule has 1 heterocycles. The lowest BCUT2D eigenvalue weighted by Crippen LogP contribution is -2.00. The molecule has 1 N–H and O–H groups in total. The molecule has 0 spiro atoms. The Morgan fingerprint density at radius 2 is 2.24 bits per heavy atom. The number of phenolic OH excluding ortho intramolecular Hbond substituents is 1. The summed E-state index contributed by atoms with van der Waals surface area (Å²) in [6, 6.07) is 2.99. The van der Waals surface area contributed by atoms with E-state index in [2.05, 4.69) is 6.58 Å². The Bertz CT molecular complexity index is 656. The molecule has 0 bridgehead atoms. The zero-order chi connectivity index (χ0) is 12.6. The molecule has 0 aliphatic carbocycles. The third kappa shape index (κ3) is 1.94. The summed E-state index contributed by atoms with van der Waals surface area (Å²) in [5.41, 5.74) is 1.19. The maximum absolute atomic E-state index is 11.3. The van der Waals surface area contributed by atoms with Crippen molar-refractivity contribution in [3.05, 3.63) is 51.4 Å². The average molecular weight is 251 g/mol. The van der Waals surface area contributed by atoms with Gasteiger partial charge in [-0.15, -0.1) is 6.58 Å². The van der Waals surface area contributed by atoms with Gasteiger partial charge >= 0.3 is 5.63 Å². The first-order chi connectivity index (χ1) is 8.04. The highest BCUT2D eigenvalue weighted by Gasteiger charge is 2.14. The third-order valence-corrected chi connectivity index (χ3v) is 2.90. The van der Waals surface area contributed by atoms with E-state index in [1.54, 1.807) is 19.1 Å². The van der Waals surface area contributed by atoms with Gasteiger partial charge in [-0.2, -0.15) is 0 Å². The van der Waals surface area contributed by atoms with Gasteiger partial charge in [-0.05, 0) is 25.0 Å². The van der Waals surface area contributed by atoms with E-state index < -0.39 is 5.63 Å². The molecule has 0 saturated heterocycles. The lowest BCUT2D eigenvalue weighted by Gasteiger charge is -2.09. The van der Waals surface area contributed by atoms with E-state index in [0.29, 0.717) is 17.6 Å². The normalized spacial score (nSPS) is 10.7. The molecule has 1 aromatic carbocycles. The Balaban J connectivity index is 2.97. The Kier molecular flexibility index (Phi) is 2.94. The van der Waals surface area contributed by atoms with Crippen molar-refractivity contribution >= 4 is 22.6 Å². The second kappa shape index (κ2) is 4.26. The van der Waals surface area contributed by atoms with Crippen LogP contribution in [0.2, 0.25) is 5.02 Å². The fourth-order valence-corrected chi connectivity index (χ4v) is 2.03. The molecule has 0 amide bonds. The number of aryl methyl sites for hydroxylation is 1. The Hall–Kier alpha value is -1.74. The number of aromatic hydroxyl groups is 1.